The molecular weight excluding hydrogens is 584 g/mol. The van der Waals surface area contributed by atoms with Crippen LogP contribution in [0.2, 0.25) is 0 Å². The lowest BCUT2D eigenvalue weighted by molar-refractivity contribution is -0.163. The Morgan fingerprint density at radius 1 is 0.929 bits per heavy atom. The summed E-state index contributed by atoms with van der Waals surface area (Å²) in [5.41, 5.74) is -3.80. The van der Waals surface area contributed by atoms with Crippen molar-refractivity contribution in [1.29, 1.82) is 0 Å². The Hall–Kier alpha value is -3.19. The Balaban J connectivity index is 1.60. The van der Waals surface area contributed by atoms with Gasteiger partial charge in [-0.3, -0.25) is 9.59 Å². The Labute approximate surface area is 243 Å². The minimum absolute atomic E-state index is 0.0847. The van der Waals surface area contributed by atoms with Crippen LogP contribution in [-0.4, -0.2) is 66.1 Å². The molecule has 0 bridgehead atoms. The Morgan fingerprint density at radius 3 is 2.17 bits per heavy atom. The second kappa shape index (κ2) is 13.0. The average molecular weight is 616 g/mol. The van der Waals surface area contributed by atoms with Crippen LogP contribution in [0.5, 0.6) is 0 Å². The van der Waals surface area contributed by atoms with E-state index in [-0.39, 0.29) is 32.0 Å². The number of carboxylic acid groups (broad SMARTS) is 1. The summed E-state index contributed by atoms with van der Waals surface area (Å²) in [4.78, 5) is 26.9. The van der Waals surface area contributed by atoms with Gasteiger partial charge in [0.15, 0.2) is 0 Å². The van der Waals surface area contributed by atoms with Crippen LogP contribution >= 0.6 is 11.8 Å². The number of alkyl halides is 6. The van der Waals surface area contributed by atoms with Crippen LogP contribution in [0.3, 0.4) is 0 Å². The number of nitrogens with one attached hydrogen (secondary N) is 1. The number of piperidine rings is 2. The van der Waals surface area contributed by atoms with Crippen LogP contribution in [0.1, 0.15) is 42.4 Å². The zero-order valence-corrected chi connectivity index (χ0v) is 23.6. The molecule has 2 aromatic rings. The van der Waals surface area contributed by atoms with Crippen molar-refractivity contribution in [3.8, 4) is 0 Å². The lowest BCUT2D eigenvalue weighted by Crippen LogP contribution is -2.39. The highest BCUT2D eigenvalue weighted by Gasteiger charge is 2.46. The lowest BCUT2D eigenvalue weighted by Gasteiger charge is -2.30. The van der Waals surface area contributed by atoms with E-state index in [9.17, 15) is 35.9 Å². The number of aliphatic carboxylic acids is 1. The van der Waals surface area contributed by atoms with Gasteiger partial charge in [0.25, 0.3) is 0 Å². The van der Waals surface area contributed by atoms with Gasteiger partial charge in [0.2, 0.25) is 5.91 Å². The number of carbonyl (C=O) groups is 2. The molecule has 6 nitrogen and oxygen atoms in total. The molecule has 2 N–H and O–H groups in total. The molecule has 0 saturated carbocycles. The Morgan fingerprint density at radius 2 is 1.57 bits per heavy atom. The topological polar surface area (TPSA) is 72.9 Å². The molecule has 0 radical (unpaired) electrons. The van der Waals surface area contributed by atoms with Crippen LogP contribution in [0.15, 0.2) is 52.3 Å². The minimum atomic E-state index is -5.36. The molecule has 0 spiro atoms. The van der Waals surface area contributed by atoms with Crippen molar-refractivity contribution in [2.24, 2.45) is 5.92 Å². The van der Waals surface area contributed by atoms with E-state index in [0.717, 1.165) is 50.2 Å². The third-order valence-corrected chi connectivity index (χ3v) is 8.53. The van der Waals surface area contributed by atoms with E-state index >= 15 is 0 Å². The normalized spacial score (nSPS) is 18.0. The van der Waals surface area contributed by atoms with Gasteiger partial charge in [-0.2, -0.15) is 26.3 Å². The first-order chi connectivity index (χ1) is 19.7. The number of rotatable bonds is 7. The van der Waals surface area contributed by atoms with Crippen molar-refractivity contribution >= 4 is 35.4 Å². The van der Waals surface area contributed by atoms with Crippen molar-refractivity contribution in [3.05, 3.63) is 59.2 Å². The van der Waals surface area contributed by atoms with E-state index in [1.165, 1.54) is 11.0 Å². The van der Waals surface area contributed by atoms with Crippen LogP contribution in [0.25, 0.3) is 6.08 Å². The maximum atomic E-state index is 14.3. The number of benzene rings is 2. The van der Waals surface area contributed by atoms with Crippen LogP contribution in [0, 0.1) is 5.92 Å². The highest BCUT2D eigenvalue weighted by Crippen LogP contribution is 2.48. The largest absolute Gasteiger partial charge is 0.481 e. The monoisotopic (exact) mass is 615 g/mol. The summed E-state index contributed by atoms with van der Waals surface area (Å²) < 4.78 is 85.4. The molecule has 0 aliphatic carbocycles. The third kappa shape index (κ3) is 8.00. The van der Waals surface area contributed by atoms with Gasteiger partial charge in [0, 0.05) is 40.7 Å². The maximum absolute atomic E-state index is 14.3. The van der Waals surface area contributed by atoms with Crippen LogP contribution < -0.4 is 5.32 Å². The van der Waals surface area contributed by atoms with Gasteiger partial charge in [-0.25, -0.2) is 0 Å². The molecule has 0 unspecified atom stereocenters. The van der Waals surface area contributed by atoms with Gasteiger partial charge < -0.3 is 20.2 Å². The number of amides is 1. The molecule has 2 fully saturated rings. The second-order valence-corrected chi connectivity index (χ2v) is 11.6. The van der Waals surface area contributed by atoms with Gasteiger partial charge in [-0.15, -0.1) is 0 Å². The summed E-state index contributed by atoms with van der Waals surface area (Å²) in [6.07, 6.45) is -7.01. The van der Waals surface area contributed by atoms with Gasteiger partial charge >= 0.3 is 18.3 Å². The molecule has 228 valence electrons. The molecule has 0 atom stereocenters. The van der Waals surface area contributed by atoms with Crippen LogP contribution in [-0.2, 0) is 21.9 Å². The summed E-state index contributed by atoms with van der Waals surface area (Å²) in [6.45, 7) is 1.97. The predicted octanol–water partition coefficient (Wildman–Crippen LogP) is 6.72. The number of anilines is 1. The SMILES string of the molecule is CN1CCC(Nc2cccc(Sc3ccc(C=CC(=O)N4CCC(C(=O)O)CC4)c(C(F)(F)F)c3C(F)(F)F)c2)CC1. The molecule has 2 heterocycles. The van der Waals surface area contributed by atoms with Crippen LogP contribution in [0.4, 0.5) is 32.0 Å². The minimum Gasteiger partial charge on any atom is -0.481 e. The molecule has 42 heavy (non-hydrogen) atoms. The second-order valence-electron chi connectivity index (χ2n) is 10.5. The summed E-state index contributed by atoms with van der Waals surface area (Å²) in [5, 5.41) is 12.5. The van der Waals surface area contributed by atoms with E-state index in [0.29, 0.717) is 22.3 Å². The van der Waals surface area contributed by atoms with E-state index in [4.69, 9.17) is 5.11 Å². The molecule has 2 aromatic carbocycles. The van der Waals surface area contributed by atoms with Gasteiger partial charge in [0.1, 0.15) is 0 Å². The molecule has 2 aliphatic heterocycles. The number of carbonyl (C=O) groups excluding carboxylic acids is 1. The molecular formula is C29H31F6N3O3S. The summed E-state index contributed by atoms with van der Waals surface area (Å²) in [7, 11) is 2.02. The van der Waals surface area contributed by atoms with E-state index in [1.54, 1.807) is 18.2 Å². The van der Waals surface area contributed by atoms with Gasteiger partial charge in [-0.1, -0.05) is 23.9 Å². The quantitative estimate of drug-likeness (QED) is 0.266. The fraction of sp³-hybridized carbons (Fsp3) is 0.448. The molecule has 0 aromatic heterocycles. The number of nitrogens with zero attached hydrogens (tertiary/aromatic N) is 2. The van der Waals surface area contributed by atoms with Crippen molar-refractivity contribution in [2.75, 3.05) is 38.5 Å². The number of hydrogen-bond donors (Lipinski definition) is 2. The fourth-order valence-corrected chi connectivity index (χ4v) is 6.23. The van der Waals surface area contributed by atoms with E-state index in [1.807, 2.05) is 7.05 Å². The first-order valence-corrected chi connectivity index (χ1v) is 14.3. The van der Waals surface area contributed by atoms with Crippen molar-refractivity contribution < 1.29 is 41.0 Å². The Kier molecular flexibility index (Phi) is 9.81. The number of likely N-dealkylation sites (tertiary alicyclic amines) is 2. The molecule has 1 amide bonds. The number of carboxylic acids is 1. The molecule has 2 saturated heterocycles. The third-order valence-electron chi connectivity index (χ3n) is 7.48. The highest BCUT2D eigenvalue weighted by molar-refractivity contribution is 7.99. The first kappa shape index (κ1) is 31.7. The maximum Gasteiger partial charge on any atom is 0.418 e. The summed E-state index contributed by atoms with van der Waals surface area (Å²) >= 11 is 0.591. The van der Waals surface area contributed by atoms with Crippen molar-refractivity contribution in [2.45, 2.75) is 53.9 Å². The van der Waals surface area contributed by atoms with E-state index < -0.39 is 51.7 Å². The van der Waals surface area contributed by atoms with Gasteiger partial charge in [0.05, 0.1) is 17.0 Å². The predicted molar refractivity (Wildman–Crippen MR) is 147 cm³/mol. The molecule has 2 aliphatic rings. The zero-order chi connectivity index (χ0) is 30.7. The standard InChI is InChI=1S/C29H31F6N3O3S/c1-37-13-11-20(12-14-37)36-21-3-2-4-22(17-21)42-23-7-5-18(25(28(30,31)32)26(23)29(33,34)35)6-8-24(39)38-15-9-19(10-16-38)27(40)41/h2-8,17,19-20,36H,9-16H2,1H3,(H,40,41). The molecule has 13 heteroatoms. The average Bonchev–Trinajstić information content (AvgIpc) is 2.92. The summed E-state index contributed by atoms with van der Waals surface area (Å²) in [5.74, 6) is -2.32. The smallest absolute Gasteiger partial charge is 0.418 e. The summed E-state index contributed by atoms with van der Waals surface area (Å²) in [6, 6.07) is 8.67. The van der Waals surface area contributed by atoms with Crippen molar-refractivity contribution in [1.82, 2.24) is 9.80 Å². The zero-order valence-electron chi connectivity index (χ0n) is 22.8. The van der Waals surface area contributed by atoms with Crippen molar-refractivity contribution in [3.63, 3.8) is 0 Å². The highest BCUT2D eigenvalue weighted by atomic mass is 32.2. The van der Waals surface area contributed by atoms with E-state index in [2.05, 4.69) is 10.2 Å². The van der Waals surface area contributed by atoms with Gasteiger partial charge in [-0.05, 0) is 81.7 Å². The lowest BCUT2D eigenvalue weighted by atomic mass is 9.97. The fourth-order valence-electron chi connectivity index (χ4n) is 5.19. The molecule has 4 rings (SSSR count). The first-order valence-electron chi connectivity index (χ1n) is 13.5. The number of halogens is 6. The Bertz CT molecular complexity index is 1310. The number of hydrogen-bond acceptors (Lipinski definition) is 5.